The molecule has 1 aliphatic rings. The van der Waals surface area contributed by atoms with Crippen molar-refractivity contribution in [2.45, 2.75) is 31.6 Å². The van der Waals surface area contributed by atoms with E-state index in [1.54, 1.807) is 0 Å². The summed E-state index contributed by atoms with van der Waals surface area (Å²) >= 11 is 0. The van der Waals surface area contributed by atoms with Crippen LogP contribution in [-0.4, -0.2) is 15.8 Å². The molecule has 0 N–H and O–H groups in total. The summed E-state index contributed by atoms with van der Waals surface area (Å²) in [6.45, 7) is 0. The number of nitrogens with zero attached hydrogens (tertiary/aromatic N) is 2. The largest absolute Gasteiger partial charge is 0.349 e. The quantitative estimate of drug-likeness (QED) is 0.759. The Hall–Kier alpha value is -1.64. The van der Waals surface area contributed by atoms with Gasteiger partial charge in [-0.15, -0.1) is 0 Å². The Morgan fingerprint density at radius 2 is 2.11 bits per heavy atom. The number of rotatable bonds is 2. The molecule has 0 atom stereocenters. The lowest BCUT2D eigenvalue weighted by Crippen LogP contribution is -2.14. The van der Waals surface area contributed by atoms with E-state index >= 15 is 0 Å². The van der Waals surface area contributed by atoms with E-state index in [0.29, 0.717) is 5.92 Å². The van der Waals surface area contributed by atoms with Crippen LogP contribution >= 0.6 is 0 Å². The average molecular weight is 242 g/mol. The molecule has 0 radical (unpaired) electrons. The molecule has 0 unspecified atom stereocenters. The first-order valence-corrected chi connectivity index (χ1v) is 6.64. The molecule has 2 heterocycles. The third-order valence-corrected chi connectivity index (χ3v) is 4.18. The number of pyridine rings is 1. The van der Waals surface area contributed by atoms with Crippen LogP contribution in [0.15, 0.2) is 24.5 Å². The molecule has 1 aliphatic carbocycles. The fourth-order valence-corrected chi connectivity index (χ4v) is 2.96. The van der Waals surface area contributed by atoms with Crippen LogP contribution in [0.4, 0.5) is 0 Å². The van der Waals surface area contributed by atoms with Crippen LogP contribution < -0.4 is 0 Å². The molecule has 0 saturated heterocycles. The highest BCUT2D eigenvalue weighted by Gasteiger charge is 2.23. The molecule has 2 aromatic rings. The molecule has 3 nitrogen and oxygen atoms in total. The van der Waals surface area contributed by atoms with Crippen LogP contribution in [0.25, 0.3) is 10.9 Å². The Labute approximate surface area is 107 Å². The van der Waals surface area contributed by atoms with Gasteiger partial charge in [-0.2, -0.15) is 0 Å². The highest BCUT2D eigenvalue weighted by Crippen LogP contribution is 2.34. The zero-order valence-electron chi connectivity index (χ0n) is 10.7. The van der Waals surface area contributed by atoms with Gasteiger partial charge in [-0.05, 0) is 37.8 Å². The maximum atomic E-state index is 10.8. The second-order valence-corrected chi connectivity index (χ2v) is 5.34. The zero-order chi connectivity index (χ0) is 12.5. The van der Waals surface area contributed by atoms with Gasteiger partial charge in [-0.25, -0.2) is 0 Å². The van der Waals surface area contributed by atoms with Gasteiger partial charge in [0.2, 0.25) is 0 Å². The Morgan fingerprint density at radius 3 is 2.83 bits per heavy atom. The van der Waals surface area contributed by atoms with E-state index in [0.717, 1.165) is 32.0 Å². The molecule has 94 valence electrons. The summed E-state index contributed by atoms with van der Waals surface area (Å²) in [5.41, 5.74) is 2.37. The van der Waals surface area contributed by atoms with Gasteiger partial charge in [-0.1, -0.05) is 0 Å². The molecule has 0 aliphatic heterocycles. The summed E-state index contributed by atoms with van der Waals surface area (Å²) in [4.78, 5) is 15.4. The van der Waals surface area contributed by atoms with E-state index < -0.39 is 0 Å². The molecule has 0 amide bonds. The zero-order valence-corrected chi connectivity index (χ0v) is 10.7. The Morgan fingerprint density at radius 1 is 1.33 bits per heavy atom. The summed E-state index contributed by atoms with van der Waals surface area (Å²) in [7, 11) is 2.04. The lowest BCUT2D eigenvalue weighted by molar-refractivity contribution is -0.111. The molecular weight excluding hydrogens is 224 g/mol. The van der Waals surface area contributed by atoms with Gasteiger partial charge in [-0.3, -0.25) is 4.98 Å². The molecule has 3 rings (SSSR count). The monoisotopic (exact) mass is 242 g/mol. The number of aromatic nitrogens is 2. The molecule has 1 saturated carbocycles. The van der Waals surface area contributed by atoms with Crippen molar-refractivity contribution in [1.82, 2.24) is 9.55 Å². The number of aldehydes is 1. The van der Waals surface area contributed by atoms with Crippen LogP contribution in [0, 0.1) is 5.92 Å². The predicted molar refractivity (Wildman–Crippen MR) is 71.5 cm³/mol. The minimum atomic E-state index is 0.279. The van der Waals surface area contributed by atoms with E-state index in [2.05, 4.69) is 27.9 Å². The van der Waals surface area contributed by atoms with Gasteiger partial charge in [0.05, 0.1) is 11.7 Å². The highest BCUT2D eigenvalue weighted by atomic mass is 16.1. The lowest BCUT2D eigenvalue weighted by atomic mass is 9.81. The fourth-order valence-electron chi connectivity index (χ4n) is 2.96. The standard InChI is InChI=1S/C15H18N2O/c1-17-7-6-13-8-14(16-9-15(13)17)12-4-2-11(10-18)3-5-12/h6-12H,2-5H2,1H3. The molecule has 0 aromatic carbocycles. The van der Waals surface area contributed by atoms with E-state index in [9.17, 15) is 4.79 Å². The van der Waals surface area contributed by atoms with Crippen molar-refractivity contribution in [2.24, 2.45) is 13.0 Å². The molecule has 18 heavy (non-hydrogen) atoms. The lowest BCUT2D eigenvalue weighted by Gasteiger charge is -2.24. The van der Waals surface area contributed by atoms with Crippen LogP contribution in [0.1, 0.15) is 37.3 Å². The molecule has 0 bridgehead atoms. The van der Waals surface area contributed by atoms with Gasteiger partial charge < -0.3 is 9.36 Å². The number of hydrogen-bond acceptors (Lipinski definition) is 2. The molecule has 2 aromatic heterocycles. The van der Waals surface area contributed by atoms with Crippen molar-refractivity contribution >= 4 is 17.2 Å². The number of carbonyl (C=O) groups excluding carboxylic acids is 1. The number of aryl methyl sites for hydroxylation is 1. The third kappa shape index (κ3) is 1.94. The van der Waals surface area contributed by atoms with Crippen molar-refractivity contribution in [1.29, 1.82) is 0 Å². The molecule has 1 fully saturated rings. The highest BCUT2D eigenvalue weighted by molar-refractivity contribution is 5.79. The van der Waals surface area contributed by atoms with Crippen molar-refractivity contribution in [3.05, 3.63) is 30.2 Å². The first-order valence-electron chi connectivity index (χ1n) is 6.64. The number of carbonyl (C=O) groups is 1. The van der Waals surface area contributed by atoms with Gasteiger partial charge in [0, 0.05) is 36.2 Å². The van der Waals surface area contributed by atoms with Gasteiger partial charge >= 0.3 is 0 Å². The summed E-state index contributed by atoms with van der Waals surface area (Å²) in [6.07, 6.45) is 9.37. The van der Waals surface area contributed by atoms with E-state index in [1.807, 2.05) is 13.2 Å². The minimum Gasteiger partial charge on any atom is -0.349 e. The van der Waals surface area contributed by atoms with Crippen LogP contribution in [0.2, 0.25) is 0 Å². The Kier molecular flexibility index (Phi) is 2.90. The summed E-state index contributed by atoms with van der Waals surface area (Å²) < 4.78 is 2.09. The van der Waals surface area contributed by atoms with E-state index in [1.165, 1.54) is 16.6 Å². The average Bonchev–Trinajstić information content (AvgIpc) is 2.80. The van der Waals surface area contributed by atoms with Crippen LogP contribution in [0.3, 0.4) is 0 Å². The topological polar surface area (TPSA) is 34.9 Å². The normalized spacial score (nSPS) is 24.3. The first-order chi connectivity index (χ1) is 8.78. The molecular formula is C15H18N2O. The van der Waals surface area contributed by atoms with Crippen molar-refractivity contribution in [2.75, 3.05) is 0 Å². The number of fused-ring (bicyclic) bond motifs is 1. The van der Waals surface area contributed by atoms with Gasteiger partial charge in [0.1, 0.15) is 6.29 Å². The first kappa shape index (κ1) is 11.5. The summed E-state index contributed by atoms with van der Waals surface area (Å²) in [6, 6.07) is 4.35. The van der Waals surface area contributed by atoms with E-state index in [-0.39, 0.29) is 5.92 Å². The van der Waals surface area contributed by atoms with Crippen molar-refractivity contribution in [3.63, 3.8) is 0 Å². The van der Waals surface area contributed by atoms with Crippen molar-refractivity contribution < 1.29 is 4.79 Å². The van der Waals surface area contributed by atoms with Crippen molar-refractivity contribution in [3.8, 4) is 0 Å². The second-order valence-electron chi connectivity index (χ2n) is 5.34. The number of hydrogen-bond donors (Lipinski definition) is 0. The Balaban J connectivity index is 1.84. The summed E-state index contributed by atoms with van der Waals surface area (Å²) in [5, 5.41) is 1.26. The third-order valence-electron chi connectivity index (χ3n) is 4.18. The maximum absolute atomic E-state index is 10.8. The Bertz CT molecular complexity index is 565. The molecule has 3 heteroatoms. The minimum absolute atomic E-state index is 0.279. The van der Waals surface area contributed by atoms with Gasteiger partial charge in [0.25, 0.3) is 0 Å². The predicted octanol–water partition coefficient (Wildman–Crippen LogP) is 3.05. The molecule has 0 spiro atoms. The van der Waals surface area contributed by atoms with Crippen LogP contribution in [-0.2, 0) is 11.8 Å². The second kappa shape index (κ2) is 4.56. The maximum Gasteiger partial charge on any atom is 0.123 e. The van der Waals surface area contributed by atoms with Gasteiger partial charge in [0.15, 0.2) is 0 Å². The smallest absolute Gasteiger partial charge is 0.123 e. The SMILES string of the molecule is Cn1ccc2cc(C3CCC(C=O)CC3)ncc21. The fraction of sp³-hybridized carbons (Fsp3) is 0.467. The summed E-state index contributed by atoms with van der Waals surface area (Å²) in [5.74, 6) is 0.813. The van der Waals surface area contributed by atoms with Crippen LogP contribution in [0.5, 0.6) is 0 Å². The van der Waals surface area contributed by atoms with E-state index in [4.69, 9.17) is 0 Å².